The molecule has 2 atom stereocenters. The summed E-state index contributed by atoms with van der Waals surface area (Å²) in [5.74, 6) is -0.124. The van der Waals surface area contributed by atoms with Crippen LogP contribution in [0, 0.1) is 5.92 Å². The van der Waals surface area contributed by atoms with E-state index in [9.17, 15) is 9.90 Å². The van der Waals surface area contributed by atoms with Crippen molar-refractivity contribution in [3.8, 4) is 0 Å². The van der Waals surface area contributed by atoms with Crippen molar-refractivity contribution in [2.75, 3.05) is 6.61 Å². The number of aliphatic hydroxyl groups excluding tert-OH is 1. The Balaban J connectivity index is 2.55. The second-order valence-corrected chi connectivity index (χ2v) is 4.85. The number of nitrogens with one attached hydrogen (secondary N) is 1. The van der Waals surface area contributed by atoms with Crippen LogP contribution in [-0.4, -0.2) is 29.7 Å². The van der Waals surface area contributed by atoms with Crippen LogP contribution in [0.15, 0.2) is 30.3 Å². The second kappa shape index (κ2) is 7.13. The average Bonchev–Trinajstić information content (AvgIpc) is 2.37. The van der Waals surface area contributed by atoms with Gasteiger partial charge in [-0.05, 0) is 17.9 Å². The number of benzene rings is 1. The van der Waals surface area contributed by atoms with Gasteiger partial charge in [0.1, 0.15) is 0 Å². The summed E-state index contributed by atoms with van der Waals surface area (Å²) in [5.41, 5.74) is 6.84. The van der Waals surface area contributed by atoms with E-state index in [2.05, 4.69) is 5.32 Å². The molecule has 1 aromatic rings. The molecule has 4 heteroatoms. The maximum absolute atomic E-state index is 11.8. The van der Waals surface area contributed by atoms with E-state index >= 15 is 0 Å². The topological polar surface area (TPSA) is 75.4 Å². The van der Waals surface area contributed by atoms with Crippen LogP contribution in [0.25, 0.3) is 0 Å². The number of hydrogen-bond donors (Lipinski definition) is 3. The van der Waals surface area contributed by atoms with Gasteiger partial charge in [-0.2, -0.15) is 0 Å². The summed E-state index contributed by atoms with van der Waals surface area (Å²) in [6.45, 7) is 3.70. The summed E-state index contributed by atoms with van der Waals surface area (Å²) in [5, 5.41) is 12.1. The zero-order valence-electron chi connectivity index (χ0n) is 11.0. The second-order valence-electron chi connectivity index (χ2n) is 4.85. The Morgan fingerprint density at radius 2 is 1.94 bits per heavy atom. The van der Waals surface area contributed by atoms with E-state index in [1.807, 2.05) is 44.2 Å². The summed E-state index contributed by atoms with van der Waals surface area (Å²) in [4.78, 5) is 11.8. The van der Waals surface area contributed by atoms with Gasteiger partial charge in [0.2, 0.25) is 5.91 Å². The number of carbonyl (C=O) groups is 1. The molecule has 0 saturated heterocycles. The van der Waals surface area contributed by atoms with Gasteiger partial charge in [0.05, 0.1) is 18.7 Å². The highest BCUT2D eigenvalue weighted by Gasteiger charge is 2.20. The van der Waals surface area contributed by atoms with Gasteiger partial charge < -0.3 is 16.2 Å². The number of nitrogens with two attached hydrogens (primary N) is 1. The van der Waals surface area contributed by atoms with Gasteiger partial charge in [-0.15, -0.1) is 0 Å². The number of rotatable bonds is 6. The fourth-order valence-electron chi connectivity index (χ4n) is 1.66. The number of carbonyl (C=O) groups excluding carboxylic acids is 1. The van der Waals surface area contributed by atoms with E-state index in [1.165, 1.54) is 0 Å². The Kier molecular flexibility index (Phi) is 5.82. The molecule has 18 heavy (non-hydrogen) atoms. The first-order valence-electron chi connectivity index (χ1n) is 6.25. The highest BCUT2D eigenvalue weighted by Crippen LogP contribution is 2.04. The van der Waals surface area contributed by atoms with E-state index in [0.717, 1.165) is 5.56 Å². The largest absolute Gasteiger partial charge is 0.394 e. The number of hydrogen-bond acceptors (Lipinski definition) is 3. The molecule has 0 radical (unpaired) electrons. The van der Waals surface area contributed by atoms with Crippen molar-refractivity contribution in [3.05, 3.63) is 35.9 Å². The summed E-state index contributed by atoms with van der Waals surface area (Å²) < 4.78 is 0. The minimum atomic E-state index is -0.533. The first kappa shape index (κ1) is 14.7. The lowest BCUT2D eigenvalue weighted by Gasteiger charge is -2.21. The molecule has 0 saturated carbocycles. The predicted molar refractivity (Wildman–Crippen MR) is 72.0 cm³/mol. The van der Waals surface area contributed by atoms with Crippen LogP contribution in [0.4, 0.5) is 0 Å². The SMILES string of the molecule is CC(C)[C@H](N)C(=O)N[C@H](CO)Cc1ccccc1. The first-order valence-corrected chi connectivity index (χ1v) is 6.25. The van der Waals surface area contributed by atoms with Gasteiger partial charge in [-0.1, -0.05) is 44.2 Å². The highest BCUT2D eigenvalue weighted by molar-refractivity contribution is 5.82. The Hall–Kier alpha value is -1.39. The zero-order valence-corrected chi connectivity index (χ0v) is 11.0. The Bertz CT molecular complexity index is 365. The summed E-state index contributed by atoms with van der Waals surface area (Å²) in [6, 6.07) is 8.93. The van der Waals surface area contributed by atoms with Gasteiger partial charge in [0.25, 0.3) is 0 Å². The molecule has 0 aliphatic rings. The van der Waals surface area contributed by atoms with E-state index in [4.69, 9.17) is 5.73 Å². The van der Waals surface area contributed by atoms with Crippen LogP contribution >= 0.6 is 0 Å². The Morgan fingerprint density at radius 3 is 2.44 bits per heavy atom. The molecule has 100 valence electrons. The molecule has 0 unspecified atom stereocenters. The minimum absolute atomic E-state index is 0.0843. The third-order valence-corrected chi connectivity index (χ3v) is 2.91. The van der Waals surface area contributed by atoms with Gasteiger partial charge in [0, 0.05) is 0 Å². The molecule has 1 amide bonds. The smallest absolute Gasteiger partial charge is 0.237 e. The van der Waals surface area contributed by atoms with Gasteiger partial charge >= 0.3 is 0 Å². The molecule has 1 rings (SSSR count). The van der Waals surface area contributed by atoms with Crippen molar-refractivity contribution >= 4 is 5.91 Å². The van der Waals surface area contributed by atoms with Crippen LogP contribution in [0.2, 0.25) is 0 Å². The molecular weight excluding hydrogens is 228 g/mol. The zero-order chi connectivity index (χ0) is 13.5. The maximum Gasteiger partial charge on any atom is 0.237 e. The molecule has 0 bridgehead atoms. The molecule has 0 aliphatic heterocycles. The monoisotopic (exact) mass is 250 g/mol. The van der Waals surface area contributed by atoms with Crippen LogP contribution < -0.4 is 11.1 Å². The normalized spacial score (nSPS) is 14.3. The molecular formula is C14H22N2O2. The van der Waals surface area contributed by atoms with E-state index in [1.54, 1.807) is 0 Å². The molecule has 1 aromatic carbocycles. The van der Waals surface area contributed by atoms with Crippen molar-refractivity contribution in [2.24, 2.45) is 11.7 Å². The molecule has 0 spiro atoms. The highest BCUT2D eigenvalue weighted by atomic mass is 16.3. The number of amides is 1. The summed E-state index contributed by atoms with van der Waals surface area (Å²) in [7, 11) is 0. The van der Waals surface area contributed by atoms with E-state index < -0.39 is 6.04 Å². The van der Waals surface area contributed by atoms with Gasteiger partial charge in [-0.3, -0.25) is 4.79 Å². The fraction of sp³-hybridized carbons (Fsp3) is 0.500. The van der Waals surface area contributed by atoms with E-state index in [-0.39, 0.29) is 24.5 Å². The van der Waals surface area contributed by atoms with Gasteiger partial charge in [-0.25, -0.2) is 0 Å². The van der Waals surface area contributed by atoms with Crippen molar-refractivity contribution in [1.82, 2.24) is 5.32 Å². The predicted octanol–water partition coefficient (Wildman–Crippen LogP) is 0.690. The fourth-order valence-corrected chi connectivity index (χ4v) is 1.66. The minimum Gasteiger partial charge on any atom is -0.394 e. The molecule has 0 heterocycles. The van der Waals surface area contributed by atoms with Gasteiger partial charge in [0.15, 0.2) is 0 Å². The first-order chi connectivity index (χ1) is 8.54. The van der Waals surface area contributed by atoms with Crippen LogP contribution in [0.3, 0.4) is 0 Å². The van der Waals surface area contributed by atoms with Crippen molar-refractivity contribution in [2.45, 2.75) is 32.4 Å². The molecule has 4 nitrogen and oxygen atoms in total. The van der Waals surface area contributed by atoms with Crippen LogP contribution in [-0.2, 0) is 11.2 Å². The summed E-state index contributed by atoms with van der Waals surface area (Å²) in [6.07, 6.45) is 0.605. The Labute approximate surface area is 108 Å². The van der Waals surface area contributed by atoms with Crippen LogP contribution in [0.5, 0.6) is 0 Å². The quantitative estimate of drug-likeness (QED) is 0.695. The van der Waals surface area contributed by atoms with Crippen molar-refractivity contribution < 1.29 is 9.90 Å². The lowest BCUT2D eigenvalue weighted by Crippen LogP contribution is -2.49. The van der Waals surface area contributed by atoms with Crippen molar-refractivity contribution in [3.63, 3.8) is 0 Å². The standard InChI is InChI=1S/C14H22N2O2/c1-10(2)13(15)14(18)16-12(9-17)8-11-6-4-3-5-7-11/h3-7,10,12-13,17H,8-9,15H2,1-2H3,(H,16,18)/t12-,13-/m0/s1. The molecule has 4 N–H and O–H groups in total. The maximum atomic E-state index is 11.8. The summed E-state index contributed by atoms with van der Waals surface area (Å²) >= 11 is 0. The molecule has 0 aliphatic carbocycles. The third-order valence-electron chi connectivity index (χ3n) is 2.91. The lowest BCUT2D eigenvalue weighted by atomic mass is 10.0. The number of aliphatic hydroxyl groups is 1. The molecule has 0 aromatic heterocycles. The third kappa shape index (κ3) is 4.47. The van der Waals surface area contributed by atoms with Crippen molar-refractivity contribution in [1.29, 1.82) is 0 Å². The van der Waals surface area contributed by atoms with Crippen LogP contribution in [0.1, 0.15) is 19.4 Å². The van der Waals surface area contributed by atoms with E-state index in [0.29, 0.717) is 6.42 Å². The molecule has 0 fully saturated rings. The lowest BCUT2D eigenvalue weighted by molar-refractivity contribution is -0.124. The average molecular weight is 250 g/mol. The Morgan fingerprint density at radius 1 is 1.33 bits per heavy atom.